The third-order valence-corrected chi connectivity index (χ3v) is 5.65. The molecule has 150 valence electrons. The maximum Gasteiger partial charge on any atom is 0.293 e. The molecule has 3 amide bonds. The van der Waals surface area contributed by atoms with Crippen LogP contribution >= 0.6 is 35.0 Å². The summed E-state index contributed by atoms with van der Waals surface area (Å²) in [4.78, 5) is 37.8. The summed E-state index contributed by atoms with van der Waals surface area (Å²) in [6.45, 7) is 0.0294. The van der Waals surface area contributed by atoms with Crippen LogP contribution < -0.4 is 10.1 Å². The normalized spacial score (nSPS) is 15.1. The number of hydrogen-bond acceptors (Lipinski definition) is 5. The van der Waals surface area contributed by atoms with Gasteiger partial charge in [0.1, 0.15) is 5.75 Å². The summed E-state index contributed by atoms with van der Waals surface area (Å²) < 4.78 is 5.34. The summed E-state index contributed by atoms with van der Waals surface area (Å²) in [6.07, 6.45) is 1.53. The summed E-state index contributed by atoms with van der Waals surface area (Å²) in [5.74, 6) is -0.202. The van der Waals surface area contributed by atoms with E-state index in [1.165, 1.54) is 6.08 Å². The maximum atomic E-state index is 12.5. The molecule has 0 unspecified atom stereocenters. The third-order valence-electron chi connectivity index (χ3n) is 3.91. The average Bonchev–Trinajstić information content (AvgIpc) is 2.98. The van der Waals surface area contributed by atoms with Crippen LogP contribution in [-0.4, -0.2) is 41.6 Å². The van der Waals surface area contributed by atoms with E-state index in [2.05, 4.69) is 5.32 Å². The molecule has 3 rings (SSSR count). The van der Waals surface area contributed by atoms with Crippen molar-refractivity contribution in [3.63, 3.8) is 0 Å². The Morgan fingerprint density at radius 1 is 1.10 bits per heavy atom. The number of imide groups is 1. The molecule has 2 aromatic carbocycles. The first-order valence-corrected chi connectivity index (χ1v) is 10.2. The number of hydrogen-bond donors (Lipinski definition) is 1. The maximum absolute atomic E-state index is 12.5. The van der Waals surface area contributed by atoms with Crippen molar-refractivity contribution in [3.05, 3.63) is 69.0 Å². The molecule has 0 bridgehead atoms. The van der Waals surface area contributed by atoms with Gasteiger partial charge in [-0.05, 0) is 41.6 Å². The summed E-state index contributed by atoms with van der Waals surface area (Å²) >= 11 is 12.9. The molecular formula is C20H16Cl2N2O4S. The lowest BCUT2D eigenvalue weighted by Crippen LogP contribution is -2.38. The van der Waals surface area contributed by atoms with Crippen LogP contribution in [0.1, 0.15) is 5.56 Å². The molecule has 0 radical (unpaired) electrons. The minimum Gasteiger partial charge on any atom is -0.484 e. The molecule has 0 aromatic heterocycles. The predicted octanol–water partition coefficient (Wildman–Crippen LogP) is 4.22. The first-order valence-electron chi connectivity index (χ1n) is 8.59. The summed E-state index contributed by atoms with van der Waals surface area (Å²) in [6, 6.07) is 14.0. The molecule has 0 atom stereocenters. The van der Waals surface area contributed by atoms with Crippen LogP contribution in [0, 0.1) is 0 Å². The Kier molecular flexibility index (Phi) is 7.19. The van der Waals surface area contributed by atoms with Crippen molar-refractivity contribution < 1.29 is 19.1 Å². The van der Waals surface area contributed by atoms with Gasteiger partial charge in [-0.3, -0.25) is 19.3 Å². The lowest BCUT2D eigenvalue weighted by molar-refractivity contribution is -0.125. The van der Waals surface area contributed by atoms with Crippen LogP contribution in [0.15, 0.2) is 53.4 Å². The highest BCUT2D eigenvalue weighted by Gasteiger charge is 2.34. The van der Waals surface area contributed by atoms with Crippen LogP contribution in [0.4, 0.5) is 4.79 Å². The van der Waals surface area contributed by atoms with Crippen molar-refractivity contribution in [3.8, 4) is 5.75 Å². The Bertz CT molecular complexity index is 966. The molecule has 1 N–H and O–H groups in total. The van der Waals surface area contributed by atoms with Crippen molar-refractivity contribution in [2.24, 2.45) is 0 Å². The number of benzene rings is 2. The number of nitrogens with one attached hydrogen (secondary N) is 1. The Morgan fingerprint density at radius 3 is 2.62 bits per heavy atom. The molecule has 6 nitrogen and oxygen atoms in total. The number of para-hydroxylation sites is 1. The highest BCUT2D eigenvalue weighted by molar-refractivity contribution is 8.18. The summed E-state index contributed by atoms with van der Waals surface area (Å²) in [5, 5.41) is 2.89. The molecule has 1 fully saturated rings. The van der Waals surface area contributed by atoms with Gasteiger partial charge in [-0.15, -0.1) is 0 Å². The topological polar surface area (TPSA) is 75.7 Å². The number of thioether (sulfide) groups is 1. The van der Waals surface area contributed by atoms with E-state index in [4.69, 9.17) is 27.9 Å². The average molecular weight is 451 g/mol. The quantitative estimate of drug-likeness (QED) is 0.638. The molecule has 1 aliphatic heterocycles. The lowest BCUT2D eigenvalue weighted by atomic mass is 10.2. The molecule has 2 aromatic rings. The van der Waals surface area contributed by atoms with E-state index in [0.717, 1.165) is 16.7 Å². The van der Waals surface area contributed by atoms with Crippen LogP contribution in [0.5, 0.6) is 5.75 Å². The van der Waals surface area contributed by atoms with Crippen LogP contribution in [0.3, 0.4) is 0 Å². The number of ether oxygens (including phenoxy) is 1. The molecule has 1 heterocycles. The third kappa shape index (κ3) is 5.53. The summed E-state index contributed by atoms with van der Waals surface area (Å²) in [7, 11) is 0. The lowest BCUT2D eigenvalue weighted by Gasteiger charge is -2.13. The van der Waals surface area contributed by atoms with E-state index in [1.54, 1.807) is 42.5 Å². The van der Waals surface area contributed by atoms with Gasteiger partial charge in [-0.1, -0.05) is 53.5 Å². The van der Waals surface area contributed by atoms with E-state index >= 15 is 0 Å². The zero-order valence-electron chi connectivity index (χ0n) is 15.1. The predicted molar refractivity (Wildman–Crippen MR) is 114 cm³/mol. The smallest absolute Gasteiger partial charge is 0.293 e. The van der Waals surface area contributed by atoms with Crippen molar-refractivity contribution in [1.82, 2.24) is 10.2 Å². The van der Waals surface area contributed by atoms with E-state index in [1.807, 2.05) is 6.07 Å². The van der Waals surface area contributed by atoms with E-state index in [0.29, 0.717) is 21.4 Å². The fraction of sp³-hybridized carbons (Fsp3) is 0.150. The molecule has 1 saturated heterocycles. The van der Waals surface area contributed by atoms with Crippen LogP contribution in [-0.2, 0) is 9.59 Å². The van der Waals surface area contributed by atoms with Gasteiger partial charge in [0, 0.05) is 13.1 Å². The van der Waals surface area contributed by atoms with Gasteiger partial charge in [-0.25, -0.2) is 0 Å². The van der Waals surface area contributed by atoms with Crippen molar-refractivity contribution >= 4 is 58.1 Å². The van der Waals surface area contributed by atoms with Gasteiger partial charge in [0.25, 0.3) is 17.1 Å². The van der Waals surface area contributed by atoms with Gasteiger partial charge in [-0.2, -0.15) is 0 Å². The number of carbonyl (C=O) groups excluding carboxylic acids is 3. The summed E-state index contributed by atoms with van der Waals surface area (Å²) in [5.41, 5.74) is 0.552. The van der Waals surface area contributed by atoms with Gasteiger partial charge >= 0.3 is 0 Å². The van der Waals surface area contributed by atoms with Gasteiger partial charge < -0.3 is 10.1 Å². The van der Waals surface area contributed by atoms with Crippen molar-refractivity contribution in [1.29, 1.82) is 0 Å². The Hall–Kier alpha value is -2.48. The minimum atomic E-state index is -0.439. The van der Waals surface area contributed by atoms with Crippen LogP contribution in [0.25, 0.3) is 6.08 Å². The highest BCUT2D eigenvalue weighted by atomic mass is 35.5. The van der Waals surface area contributed by atoms with Gasteiger partial charge in [0.2, 0.25) is 0 Å². The Balaban J connectivity index is 1.52. The zero-order valence-corrected chi connectivity index (χ0v) is 17.4. The van der Waals surface area contributed by atoms with Crippen molar-refractivity contribution in [2.75, 3.05) is 19.7 Å². The minimum absolute atomic E-state index is 0.0579. The first kappa shape index (κ1) is 21.2. The molecule has 0 spiro atoms. The van der Waals surface area contributed by atoms with E-state index < -0.39 is 11.1 Å². The fourth-order valence-corrected chi connectivity index (χ4v) is 3.71. The molecule has 29 heavy (non-hydrogen) atoms. The molecular weight excluding hydrogens is 435 g/mol. The number of amides is 3. The van der Waals surface area contributed by atoms with Crippen molar-refractivity contribution in [2.45, 2.75) is 0 Å². The molecule has 0 aliphatic carbocycles. The largest absolute Gasteiger partial charge is 0.484 e. The zero-order chi connectivity index (χ0) is 20.8. The SMILES string of the molecule is O=C(COc1ccccc1)NCCN1C(=O)S/C(=C\c2cccc(Cl)c2Cl)C1=O. The fourth-order valence-electron chi connectivity index (χ4n) is 2.49. The van der Waals surface area contributed by atoms with Crippen LogP contribution in [0.2, 0.25) is 10.0 Å². The molecule has 1 aliphatic rings. The second-order valence-corrected chi connectivity index (χ2v) is 7.71. The molecule has 0 saturated carbocycles. The number of rotatable bonds is 7. The number of carbonyl (C=O) groups is 3. The van der Waals surface area contributed by atoms with E-state index in [9.17, 15) is 14.4 Å². The molecule has 9 heteroatoms. The first-order chi connectivity index (χ1) is 14.0. The van der Waals surface area contributed by atoms with Gasteiger partial charge in [0.15, 0.2) is 6.61 Å². The highest BCUT2D eigenvalue weighted by Crippen LogP contribution is 2.34. The standard InChI is InChI=1S/C20H16Cl2N2O4S/c21-15-8-4-5-13(18(15)22)11-16-19(26)24(20(27)29-16)10-9-23-17(25)12-28-14-6-2-1-3-7-14/h1-8,11H,9-10,12H2,(H,23,25)/b16-11-. The monoisotopic (exact) mass is 450 g/mol. The Morgan fingerprint density at radius 2 is 1.86 bits per heavy atom. The number of halogens is 2. The Labute approximate surface area is 181 Å². The van der Waals surface area contributed by atoms with E-state index in [-0.39, 0.29) is 30.5 Å². The second kappa shape index (κ2) is 9.82. The van der Waals surface area contributed by atoms with Gasteiger partial charge in [0.05, 0.1) is 15.0 Å². The second-order valence-electron chi connectivity index (χ2n) is 5.93. The number of nitrogens with zero attached hydrogens (tertiary/aromatic N) is 1.